The largest absolute Gasteiger partial charge is 0.368 e. The van der Waals surface area contributed by atoms with Crippen molar-refractivity contribution in [3.8, 4) is 12.1 Å². The zero-order valence-corrected chi connectivity index (χ0v) is 22.0. The van der Waals surface area contributed by atoms with Crippen LogP contribution in [-0.4, -0.2) is 72.1 Å². The Balaban J connectivity index is 1.20. The molecule has 0 unspecified atom stereocenters. The van der Waals surface area contributed by atoms with Crippen LogP contribution in [0.3, 0.4) is 0 Å². The molecule has 0 bridgehead atoms. The van der Waals surface area contributed by atoms with E-state index < -0.39 is 0 Å². The van der Waals surface area contributed by atoms with E-state index in [2.05, 4.69) is 40.0 Å². The lowest BCUT2D eigenvalue weighted by Crippen LogP contribution is -2.54. The molecular formula is C30H33N7O. The van der Waals surface area contributed by atoms with Gasteiger partial charge in [-0.3, -0.25) is 9.69 Å². The predicted octanol–water partition coefficient (Wildman–Crippen LogP) is 3.44. The van der Waals surface area contributed by atoms with Crippen LogP contribution in [0.2, 0.25) is 0 Å². The number of nitriles is 2. The molecule has 2 aromatic carbocycles. The molecule has 3 aromatic rings. The molecule has 38 heavy (non-hydrogen) atoms. The van der Waals surface area contributed by atoms with Crippen molar-refractivity contribution in [1.82, 2.24) is 14.4 Å². The molecule has 0 spiro atoms. The van der Waals surface area contributed by atoms with Gasteiger partial charge in [0.15, 0.2) is 0 Å². The van der Waals surface area contributed by atoms with Crippen LogP contribution >= 0.6 is 0 Å². The van der Waals surface area contributed by atoms with Crippen LogP contribution in [0.15, 0.2) is 60.8 Å². The molecule has 1 aromatic heterocycles. The van der Waals surface area contributed by atoms with E-state index >= 15 is 0 Å². The van der Waals surface area contributed by atoms with E-state index in [1.807, 2.05) is 71.1 Å². The van der Waals surface area contributed by atoms with Gasteiger partial charge < -0.3 is 19.3 Å². The van der Waals surface area contributed by atoms with Crippen LogP contribution in [0.5, 0.6) is 0 Å². The molecule has 0 radical (unpaired) electrons. The van der Waals surface area contributed by atoms with Gasteiger partial charge in [-0.2, -0.15) is 10.5 Å². The average molecular weight is 508 g/mol. The first-order chi connectivity index (χ1) is 18.5. The summed E-state index contributed by atoms with van der Waals surface area (Å²) in [6.07, 6.45) is 2.06. The number of nitrogens with zero attached hydrogens (tertiary/aromatic N) is 7. The number of anilines is 2. The maximum atomic E-state index is 13.6. The van der Waals surface area contributed by atoms with Gasteiger partial charge in [0.05, 0.1) is 22.5 Å². The number of para-hydroxylation sites is 2. The van der Waals surface area contributed by atoms with Crippen molar-refractivity contribution in [2.45, 2.75) is 19.5 Å². The van der Waals surface area contributed by atoms with E-state index in [0.29, 0.717) is 30.9 Å². The van der Waals surface area contributed by atoms with E-state index in [1.54, 1.807) is 0 Å². The monoisotopic (exact) mass is 507 g/mol. The lowest BCUT2D eigenvalue weighted by atomic mass is 10.1. The zero-order chi connectivity index (χ0) is 26.6. The molecule has 5 rings (SSSR count). The second-order valence-electron chi connectivity index (χ2n) is 10.2. The second-order valence-corrected chi connectivity index (χ2v) is 10.2. The summed E-state index contributed by atoms with van der Waals surface area (Å²) in [5, 5.41) is 18.9. The molecule has 2 aliphatic heterocycles. The molecule has 0 saturated carbocycles. The highest BCUT2D eigenvalue weighted by Crippen LogP contribution is 2.25. The third-order valence-corrected chi connectivity index (χ3v) is 7.68. The summed E-state index contributed by atoms with van der Waals surface area (Å²) < 4.78 is 1.95. The van der Waals surface area contributed by atoms with Crippen molar-refractivity contribution < 1.29 is 4.79 Å². The first-order valence-corrected chi connectivity index (χ1v) is 13.1. The van der Waals surface area contributed by atoms with Crippen LogP contribution in [0.25, 0.3) is 0 Å². The second kappa shape index (κ2) is 11.0. The smallest absolute Gasteiger partial charge is 0.270 e. The molecular weight excluding hydrogens is 474 g/mol. The summed E-state index contributed by atoms with van der Waals surface area (Å²) in [4.78, 5) is 22.4. The van der Waals surface area contributed by atoms with Crippen LogP contribution in [0.1, 0.15) is 34.1 Å². The molecule has 194 valence electrons. The number of aromatic nitrogens is 1. The van der Waals surface area contributed by atoms with E-state index in [1.165, 1.54) is 0 Å². The maximum absolute atomic E-state index is 13.6. The molecule has 3 heterocycles. The molecule has 0 aliphatic carbocycles. The highest BCUT2D eigenvalue weighted by Gasteiger charge is 2.30. The Morgan fingerprint density at radius 2 is 1.45 bits per heavy atom. The van der Waals surface area contributed by atoms with Crippen molar-refractivity contribution in [3.63, 3.8) is 0 Å². The molecule has 2 fully saturated rings. The van der Waals surface area contributed by atoms with Gasteiger partial charge in [-0.25, -0.2) is 0 Å². The maximum Gasteiger partial charge on any atom is 0.270 e. The van der Waals surface area contributed by atoms with E-state index in [9.17, 15) is 15.3 Å². The summed E-state index contributed by atoms with van der Waals surface area (Å²) in [7, 11) is 1.94. The van der Waals surface area contributed by atoms with Crippen LogP contribution in [0.4, 0.5) is 11.4 Å². The molecule has 2 saturated heterocycles. The number of hydrogen-bond donors (Lipinski definition) is 0. The Morgan fingerprint density at radius 1 is 0.868 bits per heavy atom. The normalized spacial score (nSPS) is 18.2. The van der Waals surface area contributed by atoms with Crippen LogP contribution in [0, 0.1) is 22.7 Å². The lowest BCUT2D eigenvalue weighted by Gasteiger charge is -2.41. The van der Waals surface area contributed by atoms with E-state index in [0.717, 1.165) is 55.2 Å². The van der Waals surface area contributed by atoms with Crippen LogP contribution in [-0.2, 0) is 13.6 Å². The molecule has 1 amide bonds. The van der Waals surface area contributed by atoms with Gasteiger partial charge in [0, 0.05) is 71.6 Å². The number of aryl methyl sites for hydroxylation is 1. The Morgan fingerprint density at radius 3 is 2.05 bits per heavy atom. The highest BCUT2D eigenvalue weighted by molar-refractivity contribution is 5.93. The number of hydrogen-bond acceptors (Lipinski definition) is 6. The minimum Gasteiger partial charge on any atom is -0.368 e. The Bertz CT molecular complexity index is 1390. The molecule has 8 nitrogen and oxygen atoms in total. The van der Waals surface area contributed by atoms with Crippen molar-refractivity contribution in [2.24, 2.45) is 7.05 Å². The van der Waals surface area contributed by atoms with Gasteiger partial charge >= 0.3 is 0 Å². The first kappa shape index (κ1) is 25.4. The third kappa shape index (κ3) is 5.09. The Kier molecular flexibility index (Phi) is 7.35. The summed E-state index contributed by atoms with van der Waals surface area (Å²) in [6, 6.07) is 22.1. The Hall–Kier alpha value is -4.27. The van der Waals surface area contributed by atoms with Gasteiger partial charge in [-0.1, -0.05) is 24.3 Å². The molecule has 0 N–H and O–H groups in total. The number of carbonyl (C=O) groups is 1. The third-order valence-electron chi connectivity index (χ3n) is 7.68. The minimum atomic E-state index is 0.0331. The molecule has 8 heteroatoms. The van der Waals surface area contributed by atoms with Gasteiger partial charge in [0.2, 0.25) is 0 Å². The number of amides is 1. The number of rotatable bonds is 5. The van der Waals surface area contributed by atoms with Crippen molar-refractivity contribution in [1.29, 1.82) is 10.5 Å². The standard InChI is InChI=1S/C30H33N7O/c1-23-20-36(28-10-6-4-8-26(28)19-32)15-16-37(23)30(38)29-17-24(21-33(29)2)22-34-11-13-35(14-12-34)27-9-5-3-7-25(27)18-31/h3-10,17,21,23H,11-16,20,22H2,1-2H3/t23-/m0/s1. The average Bonchev–Trinajstić information content (AvgIpc) is 3.32. The van der Waals surface area contributed by atoms with Gasteiger partial charge in [-0.05, 0) is 42.8 Å². The van der Waals surface area contributed by atoms with Gasteiger partial charge in [0.1, 0.15) is 17.8 Å². The number of benzene rings is 2. The topological polar surface area (TPSA) is 82.5 Å². The van der Waals surface area contributed by atoms with E-state index in [4.69, 9.17) is 0 Å². The highest BCUT2D eigenvalue weighted by atomic mass is 16.2. The Labute approximate surface area is 224 Å². The fourth-order valence-electron chi connectivity index (χ4n) is 5.65. The lowest BCUT2D eigenvalue weighted by molar-refractivity contribution is 0.0664. The SMILES string of the molecule is C[C@H]1CN(c2ccccc2C#N)CCN1C(=O)c1cc(CN2CCN(c3ccccc3C#N)CC2)cn1C. The fraction of sp³-hybridized carbons (Fsp3) is 0.367. The van der Waals surface area contributed by atoms with Crippen LogP contribution < -0.4 is 9.80 Å². The van der Waals surface area contributed by atoms with Crippen molar-refractivity contribution in [3.05, 3.63) is 83.2 Å². The zero-order valence-electron chi connectivity index (χ0n) is 22.0. The van der Waals surface area contributed by atoms with Gasteiger partial charge in [0.25, 0.3) is 5.91 Å². The number of piperazine rings is 2. The summed E-state index contributed by atoms with van der Waals surface area (Å²) in [6.45, 7) is 8.43. The summed E-state index contributed by atoms with van der Waals surface area (Å²) >= 11 is 0. The summed E-state index contributed by atoms with van der Waals surface area (Å²) in [5.41, 5.74) is 5.17. The molecule has 1 atom stereocenters. The quantitative estimate of drug-likeness (QED) is 0.526. The van der Waals surface area contributed by atoms with E-state index in [-0.39, 0.29) is 11.9 Å². The van der Waals surface area contributed by atoms with Crippen molar-refractivity contribution >= 4 is 17.3 Å². The first-order valence-electron chi connectivity index (χ1n) is 13.1. The number of carbonyl (C=O) groups excluding carboxylic acids is 1. The minimum absolute atomic E-state index is 0.0331. The molecule has 2 aliphatic rings. The summed E-state index contributed by atoms with van der Waals surface area (Å²) in [5.74, 6) is 0.0531. The fourth-order valence-corrected chi connectivity index (χ4v) is 5.65. The van der Waals surface area contributed by atoms with Gasteiger partial charge in [-0.15, -0.1) is 0 Å². The predicted molar refractivity (Wildman–Crippen MR) is 148 cm³/mol. The van der Waals surface area contributed by atoms with Crippen molar-refractivity contribution in [2.75, 3.05) is 55.6 Å².